The number of fused-ring (bicyclic) bond motifs is 1. The van der Waals surface area contributed by atoms with Crippen LogP contribution in [-0.2, 0) is 0 Å². The van der Waals surface area contributed by atoms with Crippen LogP contribution in [0, 0.1) is 0 Å². The molecule has 5 heteroatoms. The quantitative estimate of drug-likeness (QED) is 0.510. The zero-order valence-electron chi connectivity index (χ0n) is 13.9. The summed E-state index contributed by atoms with van der Waals surface area (Å²) in [5.74, 6) is 0.573. The number of carbonyl (C=O) groups excluding carboxylic acids is 1. The number of hydrazone groups is 1. The second kappa shape index (κ2) is 7.49. The highest BCUT2D eigenvalue weighted by Crippen LogP contribution is 2.22. The van der Waals surface area contributed by atoms with Crippen molar-refractivity contribution in [3.8, 4) is 5.75 Å². The molecule has 1 N–H and O–H groups in total. The Morgan fingerprint density at radius 1 is 1.04 bits per heavy atom. The summed E-state index contributed by atoms with van der Waals surface area (Å²) in [7, 11) is 1.65. The standard InChI is InChI=1S/C20H17BrN2O2/c1-13(22-23-20(24)18-5-3-4-6-19(18)21)14-7-8-16-12-17(25-2)10-9-15(16)11-14/h3-12H,1-2H3,(H,23,24)/b22-13-. The van der Waals surface area contributed by atoms with Crippen LogP contribution in [0.4, 0.5) is 0 Å². The number of nitrogens with one attached hydrogen (secondary N) is 1. The molecule has 0 heterocycles. The number of methoxy groups -OCH3 is 1. The van der Waals surface area contributed by atoms with Gasteiger partial charge in [0.2, 0.25) is 0 Å². The second-order valence-corrected chi connectivity index (χ2v) is 6.40. The van der Waals surface area contributed by atoms with Crippen molar-refractivity contribution in [1.29, 1.82) is 0 Å². The molecule has 0 fully saturated rings. The van der Waals surface area contributed by atoms with Gasteiger partial charge in [-0.05, 0) is 69.5 Å². The van der Waals surface area contributed by atoms with Gasteiger partial charge in [0.05, 0.1) is 18.4 Å². The number of halogens is 1. The summed E-state index contributed by atoms with van der Waals surface area (Å²) >= 11 is 3.37. The van der Waals surface area contributed by atoms with Gasteiger partial charge in [-0.2, -0.15) is 5.10 Å². The van der Waals surface area contributed by atoms with Crippen LogP contribution in [0.2, 0.25) is 0 Å². The van der Waals surface area contributed by atoms with Crippen molar-refractivity contribution in [2.75, 3.05) is 7.11 Å². The number of carbonyl (C=O) groups is 1. The average Bonchev–Trinajstić information content (AvgIpc) is 2.65. The van der Waals surface area contributed by atoms with Gasteiger partial charge in [0.25, 0.3) is 5.91 Å². The number of nitrogens with zero attached hydrogens (tertiary/aromatic N) is 1. The third kappa shape index (κ3) is 3.88. The Bertz CT molecular complexity index is 967. The molecule has 0 aliphatic carbocycles. The fourth-order valence-corrected chi connectivity index (χ4v) is 2.95. The fourth-order valence-electron chi connectivity index (χ4n) is 2.48. The van der Waals surface area contributed by atoms with Crippen LogP contribution in [0.15, 0.2) is 70.2 Å². The lowest BCUT2D eigenvalue weighted by atomic mass is 10.0. The number of rotatable bonds is 4. The van der Waals surface area contributed by atoms with Gasteiger partial charge < -0.3 is 4.74 Å². The molecule has 0 saturated heterocycles. The molecular formula is C20H17BrN2O2. The Morgan fingerprint density at radius 3 is 2.52 bits per heavy atom. The summed E-state index contributed by atoms with van der Waals surface area (Å²) in [6.45, 7) is 1.87. The van der Waals surface area contributed by atoms with Gasteiger partial charge in [0.15, 0.2) is 0 Å². The highest BCUT2D eigenvalue weighted by molar-refractivity contribution is 9.10. The summed E-state index contributed by atoms with van der Waals surface area (Å²) in [6.07, 6.45) is 0. The first-order valence-corrected chi connectivity index (χ1v) is 8.55. The van der Waals surface area contributed by atoms with Gasteiger partial charge in [-0.3, -0.25) is 4.79 Å². The Kier molecular flexibility index (Phi) is 5.14. The summed E-state index contributed by atoms with van der Waals surface area (Å²) < 4.78 is 5.98. The monoisotopic (exact) mass is 396 g/mol. The topological polar surface area (TPSA) is 50.7 Å². The fraction of sp³-hybridized carbons (Fsp3) is 0.100. The van der Waals surface area contributed by atoms with Crippen molar-refractivity contribution in [3.05, 3.63) is 76.3 Å². The van der Waals surface area contributed by atoms with Crippen molar-refractivity contribution in [1.82, 2.24) is 5.43 Å². The summed E-state index contributed by atoms with van der Waals surface area (Å²) in [5, 5.41) is 6.40. The minimum absolute atomic E-state index is 0.252. The molecule has 0 aromatic heterocycles. The van der Waals surface area contributed by atoms with E-state index in [1.54, 1.807) is 13.2 Å². The van der Waals surface area contributed by atoms with Crippen molar-refractivity contribution < 1.29 is 9.53 Å². The second-order valence-electron chi connectivity index (χ2n) is 5.55. The van der Waals surface area contributed by atoms with Crippen LogP contribution in [0.1, 0.15) is 22.8 Å². The minimum Gasteiger partial charge on any atom is -0.497 e. The Hall–Kier alpha value is -2.66. The predicted molar refractivity (Wildman–Crippen MR) is 104 cm³/mol. The molecule has 25 heavy (non-hydrogen) atoms. The largest absolute Gasteiger partial charge is 0.497 e. The number of hydrogen-bond donors (Lipinski definition) is 1. The van der Waals surface area contributed by atoms with Crippen molar-refractivity contribution in [3.63, 3.8) is 0 Å². The molecule has 126 valence electrons. The molecule has 3 aromatic carbocycles. The molecule has 0 atom stereocenters. The molecule has 0 aliphatic rings. The third-order valence-corrected chi connectivity index (χ3v) is 4.60. The minimum atomic E-state index is -0.252. The van der Waals surface area contributed by atoms with Gasteiger partial charge in [0.1, 0.15) is 5.75 Å². The van der Waals surface area contributed by atoms with Crippen LogP contribution in [0.3, 0.4) is 0 Å². The normalized spacial score (nSPS) is 11.4. The maximum Gasteiger partial charge on any atom is 0.272 e. The van der Waals surface area contributed by atoms with E-state index in [2.05, 4.69) is 26.5 Å². The Labute approximate surface area is 154 Å². The average molecular weight is 397 g/mol. The summed E-state index contributed by atoms with van der Waals surface area (Å²) in [6, 6.07) is 19.2. The highest BCUT2D eigenvalue weighted by atomic mass is 79.9. The van der Waals surface area contributed by atoms with Gasteiger partial charge in [-0.15, -0.1) is 0 Å². The first-order chi connectivity index (χ1) is 12.1. The molecule has 3 aromatic rings. The number of hydrogen-bond acceptors (Lipinski definition) is 3. The van der Waals surface area contributed by atoms with E-state index < -0.39 is 0 Å². The SMILES string of the molecule is COc1ccc2cc(/C(C)=N\NC(=O)c3ccccc3Br)ccc2c1. The van der Waals surface area contributed by atoms with Crippen LogP contribution in [0.25, 0.3) is 10.8 Å². The Morgan fingerprint density at radius 2 is 1.76 bits per heavy atom. The van der Waals surface area contributed by atoms with Gasteiger partial charge in [-0.1, -0.05) is 30.3 Å². The molecule has 0 bridgehead atoms. The van der Waals surface area contributed by atoms with E-state index in [-0.39, 0.29) is 5.91 Å². The molecule has 0 unspecified atom stereocenters. The maximum absolute atomic E-state index is 12.2. The molecule has 4 nitrogen and oxygen atoms in total. The Balaban J connectivity index is 1.81. The lowest BCUT2D eigenvalue weighted by Gasteiger charge is -2.07. The van der Waals surface area contributed by atoms with E-state index >= 15 is 0 Å². The number of amides is 1. The molecular weight excluding hydrogens is 380 g/mol. The van der Waals surface area contributed by atoms with E-state index in [4.69, 9.17) is 4.74 Å². The maximum atomic E-state index is 12.2. The molecule has 0 radical (unpaired) electrons. The van der Waals surface area contributed by atoms with Gasteiger partial charge >= 0.3 is 0 Å². The van der Waals surface area contributed by atoms with Gasteiger partial charge in [0, 0.05) is 4.47 Å². The summed E-state index contributed by atoms with van der Waals surface area (Å²) in [4.78, 5) is 12.2. The van der Waals surface area contributed by atoms with E-state index in [9.17, 15) is 4.79 Å². The lowest BCUT2D eigenvalue weighted by molar-refractivity contribution is 0.0954. The smallest absolute Gasteiger partial charge is 0.272 e. The molecule has 1 amide bonds. The van der Waals surface area contributed by atoms with Crippen LogP contribution in [-0.4, -0.2) is 18.7 Å². The van der Waals surface area contributed by atoms with Crippen molar-refractivity contribution in [2.24, 2.45) is 5.10 Å². The highest BCUT2D eigenvalue weighted by Gasteiger charge is 2.08. The zero-order valence-corrected chi connectivity index (χ0v) is 15.5. The van der Waals surface area contributed by atoms with E-state index in [1.165, 1.54) is 0 Å². The van der Waals surface area contributed by atoms with Crippen LogP contribution in [0.5, 0.6) is 5.75 Å². The number of ether oxygens (including phenoxy) is 1. The molecule has 0 saturated carbocycles. The van der Waals surface area contributed by atoms with Crippen molar-refractivity contribution in [2.45, 2.75) is 6.92 Å². The van der Waals surface area contributed by atoms with Crippen molar-refractivity contribution >= 4 is 38.3 Å². The molecule has 0 aliphatic heterocycles. The van der Waals surface area contributed by atoms with Gasteiger partial charge in [-0.25, -0.2) is 5.43 Å². The van der Waals surface area contributed by atoms with E-state index in [0.717, 1.165) is 32.3 Å². The predicted octanol–water partition coefficient (Wildman–Crippen LogP) is 4.76. The van der Waals surface area contributed by atoms with Crippen LogP contribution >= 0.6 is 15.9 Å². The first kappa shape index (κ1) is 17.2. The lowest BCUT2D eigenvalue weighted by Crippen LogP contribution is -2.19. The summed E-state index contributed by atoms with van der Waals surface area (Å²) in [5.41, 5.74) is 4.83. The van der Waals surface area contributed by atoms with Crippen LogP contribution < -0.4 is 10.2 Å². The molecule has 0 spiro atoms. The number of benzene rings is 3. The third-order valence-electron chi connectivity index (χ3n) is 3.91. The van der Waals surface area contributed by atoms with E-state index in [1.807, 2.05) is 61.5 Å². The van der Waals surface area contributed by atoms with E-state index in [0.29, 0.717) is 5.56 Å². The molecule has 3 rings (SSSR count). The first-order valence-electron chi connectivity index (χ1n) is 7.76. The zero-order chi connectivity index (χ0) is 17.8.